The summed E-state index contributed by atoms with van der Waals surface area (Å²) in [7, 11) is 0. The van der Waals surface area contributed by atoms with Crippen LogP contribution in [0.4, 0.5) is 4.39 Å². The molecule has 5 heteroatoms. The van der Waals surface area contributed by atoms with Crippen molar-refractivity contribution in [1.29, 1.82) is 0 Å². The van der Waals surface area contributed by atoms with Crippen LogP contribution in [0.15, 0.2) is 48.9 Å². The first kappa shape index (κ1) is 11.9. The van der Waals surface area contributed by atoms with Gasteiger partial charge in [0, 0.05) is 17.8 Å². The third kappa shape index (κ3) is 2.35. The van der Waals surface area contributed by atoms with Gasteiger partial charge in [0.2, 0.25) is 0 Å². The SMILES string of the molecule is Fc1ccc(Oc2cncc3ccnc(Cl)c23)cc1. The molecule has 0 amide bonds. The van der Waals surface area contributed by atoms with Gasteiger partial charge in [-0.25, -0.2) is 9.37 Å². The van der Waals surface area contributed by atoms with Crippen molar-refractivity contribution in [2.24, 2.45) is 0 Å². The van der Waals surface area contributed by atoms with Crippen molar-refractivity contribution in [2.45, 2.75) is 0 Å². The first-order chi connectivity index (χ1) is 9.24. The van der Waals surface area contributed by atoms with E-state index in [2.05, 4.69) is 9.97 Å². The Morgan fingerprint density at radius 3 is 2.63 bits per heavy atom. The number of hydrogen-bond donors (Lipinski definition) is 0. The lowest BCUT2D eigenvalue weighted by atomic mass is 10.2. The number of benzene rings is 1. The number of halogens is 2. The summed E-state index contributed by atoms with van der Waals surface area (Å²) in [5.74, 6) is 0.681. The Kier molecular flexibility index (Phi) is 3.01. The van der Waals surface area contributed by atoms with Gasteiger partial charge in [0.15, 0.2) is 5.75 Å². The molecule has 0 spiro atoms. The minimum atomic E-state index is -0.317. The highest BCUT2D eigenvalue weighted by molar-refractivity contribution is 6.34. The second-order valence-electron chi connectivity index (χ2n) is 3.89. The Hall–Kier alpha value is -2.20. The largest absolute Gasteiger partial charge is 0.455 e. The summed E-state index contributed by atoms with van der Waals surface area (Å²) in [6.07, 6.45) is 4.84. The highest BCUT2D eigenvalue weighted by Gasteiger charge is 2.08. The number of fused-ring (bicyclic) bond motifs is 1. The van der Waals surface area contributed by atoms with E-state index in [9.17, 15) is 4.39 Å². The Labute approximate surface area is 113 Å². The number of rotatable bonds is 2. The fourth-order valence-corrected chi connectivity index (χ4v) is 2.02. The molecular weight excluding hydrogens is 267 g/mol. The fraction of sp³-hybridized carbons (Fsp3) is 0. The van der Waals surface area contributed by atoms with E-state index < -0.39 is 0 Å². The average molecular weight is 275 g/mol. The summed E-state index contributed by atoms with van der Waals surface area (Å²) in [5.41, 5.74) is 0. The van der Waals surface area contributed by atoms with Crippen molar-refractivity contribution in [3.63, 3.8) is 0 Å². The van der Waals surface area contributed by atoms with Gasteiger partial charge in [-0.1, -0.05) is 11.6 Å². The highest BCUT2D eigenvalue weighted by Crippen LogP contribution is 2.32. The molecule has 0 fully saturated rings. The van der Waals surface area contributed by atoms with Crippen molar-refractivity contribution < 1.29 is 9.13 Å². The molecule has 0 saturated heterocycles. The molecule has 3 nitrogen and oxygen atoms in total. The van der Waals surface area contributed by atoms with Crippen molar-refractivity contribution in [3.05, 3.63) is 59.9 Å². The van der Waals surface area contributed by atoms with Crippen LogP contribution in [0.1, 0.15) is 0 Å². The average Bonchev–Trinajstić information content (AvgIpc) is 2.42. The molecule has 0 aliphatic rings. The van der Waals surface area contributed by atoms with Crippen LogP contribution in [-0.4, -0.2) is 9.97 Å². The van der Waals surface area contributed by atoms with Crippen molar-refractivity contribution in [2.75, 3.05) is 0 Å². The van der Waals surface area contributed by atoms with Crippen molar-refractivity contribution >= 4 is 22.4 Å². The molecule has 0 aliphatic carbocycles. The Bertz CT molecular complexity index is 726. The van der Waals surface area contributed by atoms with Crippen molar-refractivity contribution in [3.8, 4) is 11.5 Å². The standard InChI is InChI=1S/C14H8ClFN2O/c15-14-13-9(5-6-18-14)7-17-8-12(13)19-11-3-1-10(16)2-4-11/h1-8H. The molecule has 1 aromatic carbocycles. The molecule has 0 saturated carbocycles. The summed E-state index contributed by atoms with van der Waals surface area (Å²) in [5, 5.41) is 1.86. The summed E-state index contributed by atoms with van der Waals surface area (Å²) >= 11 is 6.07. The van der Waals surface area contributed by atoms with Gasteiger partial charge in [0.1, 0.15) is 16.7 Å². The first-order valence-corrected chi connectivity index (χ1v) is 5.93. The molecule has 3 rings (SSSR count). The fourth-order valence-electron chi connectivity index (χ4n) is 1.76. The third-order valence-electron chi connectivity index (χ3n) is 2.63. The topological polar surface area (TPSA) is 35.0 Å². The molecule has 0 radical (unpaired) electrons. The summed E-state index contributed by atoms with van der Waals surface area (Å²) in [6, 6.07) is 7.53. The Balaban J connectivity index is 2.08. The highest BCUT2D eigenvalue weighted by atomic mass is 35.5. The predicted molar refractivity (Wildman–Crippen MR) is 71.0 cm³/mol. The van der Waals surface area contributed by atoms with Crippen LogP contribution in [0.25, 0.3) is 10.8 Å². The zero-order valence-corrected chi connectivity index (χ0v) is 10.4. The second-order valence-corrected chi connectivity index (χ2v) is 4.25. The number of aromatic nitrogens is 2. The minimum absolute atomic E-state index is 0.317. The summed E-state index contributed by atoms with van der Waals surface area (Å²) in [6.45, 7) is 0. The quantitative estimate of drug-likeness (QED) is 0.657. The number of nitrogens with zero attached hydrogens (tertiary/aromatic N) is 2. The van der Waals surface area contributed by atoms with E-state index in [-0.39, 0.29) is 5.82 Å². The van der Waals surface area contributed by atoms with E-state index in [1.54, 1.807) is 36.8 Å². The van der Waals surface area contributed by atoms with Gasteiger partial charge in [-0.2, -0.15) is 0 Å². The van der Waals surface area contributed by atoms with Gasteiger partial charge in [-0.3, -0.25) is 4.98 Å². The molecule has 3 aromatic rings. The van der Waals surface area contributed by atoms with Gasteiger partial charge in [0.25, 0.3) is 0 Å². The maximum Gasteiger partial charge on any atom is 0.156 e. The number of pyridine rings is 2. The predicted octanol–water partition coefficient (Wildman–Crippen LogP) is 4.21. The monoisotopic (exact) mass is 274 g/mol. The first-order valence-electron chi connectivity index (χ1n) is 5.56. The van der Waals surface area contributed by atoms with E-state index >= 15 is 0 Å². The lowest BCUT2D eigenvalue weighted by Gasteiger charge is -2.08. The van der Waals surface area contributed by atoms with E-state index in [4.69, 9.17) is 16.3 Å². The van der Waals surface area contributed by atoms with E-state index in [0.29, 0.717) is 22.0 Å². The molecule has 0 unspecified atom stereocenters. The Morgan fingerprint density at radius 2 is 1.84 bits per heavy atom. The maximum atomic E-state index is 12.8. The summed E-state index contributed by atoms with van der Waals surface area (Å²) in [4.78, 5) is 8.10. The number of ether oxygens (including phenoxy) is 1. The van der Waals surface area contributed by atoms with E-state index in [1.807, 2.05) is 0 Å². The lowest BCUT2D eigenvalue weighted by molar-refractivity contribution is 0.484. The third-order valence-corrected chi connectivity index (χ3v) is 2.92. The minimum Gasteiger partial charge on any atom is -0.455 e. The lowest BCUT2D eigenvalue weighted by Crippen LogP contribution is -1.89. The maximum absolute atomic E-state index is 12.8. The molecule has 0 aliphatic heterocycles. The normalized spacial score (nSPS) is 10.6. The molecule has 2 aromatic heterocycles. The van der Waals surface area contributed by atoms with Crippen LogP contribution in [0.3, 0.4) is 0 Å². The van der Waals surface area contributed by atoms with Crippen LogP contribution < -0.4 is 4.74 Å². The molecule has 19 heavy (non-hydrogen) atoms. The van der Waals surface area contributed by atoms with Crippen LogP contribution in [0.2, 0.25) is 5.15 Å². The molecule has 0 N–H and O–H groups in total. The van der Waals surface area contributed by atoms with Crippen LogP contribution in [0.5, 0.6) is 11.5 Å². The molecule has 0 atom stereocenters. The molecule has 2 heterocycles. The van der Waals surface area contributed by atoms with Crippen molar-refractivity contribution in [1.82, 2.24) is 9.97 Å². The number of hydrogen-bond acceptors (Lipinski definition) is 3. The molecule has 94 valence electrons. The molecule has 0 bridgehead atoms. The second kappa shape index (κ2) is 4.82. The van der Waals surface area contributed by atoms with Gasteiger partial charge in [-0.05, 0) is 30.3 Å². The zero-order chi connectivity index (χ0) is 13.2. The van der Waals surface area contributed by atoms with Crippen LogP contribution in [0, 0.1) is 5.82 Å². The van der Waals surface area contributed by atoms with E-state index in [0.717, 1.165) is 5.39 Å². The van der Waals surface area contributed by atoms with Gasteiger partial charge in [-0.15, -0.1) is 0 Å². The smallest absolute Gasteiger partial charge is 0.156 e. The van der Waals surface area contributed by atoms with Gasteiger partial charge >= 0.3 is 0 Å². The van der Waals surface area contributed by atoms with Gasteiger partial charge in [0.05, 0.1) is 11.6 Å². The zero-order valence-electron chi connectivity index (χ0n) is 9.68. The van der Waals surface area contributed by atoms with Gasteiger partial charge < -0.3 is 4.74 Å². The van der Waals surface area contributed by atoms with E-state index in [1.165, 1.54) is 12.1 Å². The summed E-state index contributed by atoms with van der Waals surface area (Å²) < 4.78 is 18.5. The molecular formula is C14H8ClFN2O. The Morgan fingerprint density at radius 1 is 1.05 bits per heavy atom. The van der Waals surface area contributed by atoms with Crippen LogP contribution >= 0.6 is 11.6 Å². The van der Waals surface area contributed by atoms with Crippen LogP contribution in [-0.2, 0) is 0 Å².